The molecule has 0 aliphatic carbocycles. The van der Waals surface area contributed by atoms with Crippen LogP contribution in [0.5, 0.6) is 11.5 Å². The standard InChI is InChI=1S/C29H38N2O5/c1-6-8-9-18-36-23-15-14-22(19-24(23)35-7-2)26-25(27(32)21-12-10-20(3)11-13-21)28(33)29(34)31(26)17-16-30(4)5/h10-15,19,26,32H,6-9,16-18H2,1-5H3. The Hall–Kier alpha value is -3.32. The van der Waals surface area contributed by atoms with Crippen LogP contribution in [0.15, 0.2) is 48.0 Å². The van der Waals surface area contributed by atoms with Gasteiger partial charge in [-0.2, -0.15) is 0 Å². The number of amides is 1. The quantitative estimate of drug-likeness (QED) is 0.195. The van der Waals surface area contributed by atoms with Crippen molar-refractivity contribution in [3.05, 3.63) is 64.7 Å². The van der Waals surface area contributed by atoms with Crippen LogP contribution in [0.3, 0.4) is 0 Å². The number of aliphatic hydroxyl groups is 1. The van der Waals surface area contributed by atoms with E-state index >= 15 is 0 Å². The Balaban J connectivity index is 2.08. The Morgan fingerprint density at radius 3 is 2.36 bits per heavy atom. The fraction of sp³-hybridized carbons (Fsp3) is 0.448. The molecule has 0 radical (unpaired) electrons. The van der Waals surface area contributed by atoms with Crippen LogP contribution in [0.4, 0.5) is 0 Å². The molecule has 1 aliphatic rings. The number of likely N-dealkylation sites (N-methyl/N-ethyl adjacent to an activating group) is 1. The van der Waals surface area contributed by atoms with Crippen LogP contribution >= 0.6 is 0 Å². The van der Waals surface area contributed by atoms with E-state index in [9.17, 15) is 14.7 Å². The first-order valence-electron chi connectivity index (χ1n) is 12.7. The summed E-state index contributed by atoms with van der Waals surface area (Å²) in [6.07, 6.45) is 3.14. The number of likely N-dealkylation sites (tertiary alicyclic amines) is 1. The number of aliphatic hydroxyl groups excluding tert-OH is 1. The van der Waals surface area contributed by atoms with E-state index in [2.05, 4.69) is 6.92 Å². The molecule has 3 rings (SSSR count). The molecule has 36 heavy (non-hydrogen) atoms. The zero-order valence-electron chi connectivity index (χ0n) is 22.0. The first-order chi connectivity index (χ1) is 17.3. The van der Waals surface area contributed by atoms with Gasteiger partial charge in [-0.25, -0.2) is 0 Å². The molecule has 194 valence electrons. The van der Waals surface area contributed by atoms with Gasteiger partial charge in [0, 0.05) is 18.7 Å². The van der Waals surface area contributed by atoms with E-state index < -0.39 is 17.7 Å². The van der Waals surface area contributed by atoms with E-state index in [4.69, 9.17) is 9.47 Å². The number of benzene rings is 2. The highest BCUT2D eigenvalue weighted by atomic mass is 16.5. The summed E-state index contributed by atoms with van der Waals surface area (Å²) in [6.45, 7) is 7.93. The summed E-state index contributed by atoms with van der Waals surface area (Å²) >= 11 is 0. The van der Waals surface area contributed by atoms with Crippen LogP contribution in [-0.2, 0) is 9.59 Å². The Morgan fingerprint density at radius 2 is 1.72 bits per heavy atom. The van der Waals surface area contributed by atoms with Crippen LogP contribution in [0.1, 0.15) is 55.8 Å². The third-order valence-electron chi connectivity index (χ3n) is 6.24. The summed E-state index contributed by atoms with van der Waals surface area (Å²) in [6, 6.07) is 12.0. The van der Waals surface area contributed by atoms with Gasteiger partial charge in [-0.1, -0.05) is 55.7 Å². The van der Waals surface area contributed by atoms with Gasteiger partial charge in [-0.05, 0) is 52.1 Å². The van der Waals surface area contributed by atoms with Crippen molar-refractivity contribution in [2.45, 2.75) is 46.1 Å². The number of carbonyl (C=O) groups is 2. The predicted molar refractivity (Wildman–Crippen MR) is 141 cm³/mol. The predicted octanol–water partition coefficient (Wildman–Crippen LogP) is 4.95. The fourth-order valence-corrected chi connectivity index (χ4v) is 4.25. The molecule has 1 atom stereocenters. The molecule has 7 nitrogen and oxygen atoms in total. The third-order valence-corrected chi connectivity index (χ3v) is 6.24. The topological polar surface area (TPSA) is 79.3 Å². The number of Topliss-reactive ketones (excluding diaryl/α,β-unsaturated/α-hetero) is 1. The lowest BCUT2D eigenvalue weighted by atomic mass is 9.94. The lowest BCUT2D eigenvalue weighted by molar-refractivity contribution is -0.140. The Bertz CT molecular complexity index is 1090. The normalized spacial score (nSPS) is 17.2. The van der Waals surface area contributed by atoms with E-state index in [0.717, 1.165) is 24.8 Å². The number of aryl methyl sites for hydroxylation is 1. The van der Waals surface area contributed by atoms with Gasteiger partial charge in [-0.15, -0.1) is 0 Å². The van der Waals surface area contributed by atoms with Crippen molar-refractivity contribution in [3.63, 3.8) is 0 Å². The van der Waals surface area contributed by atoms with Gasteiger partial charge in [0.05, 0.1) is 24.8 Å². The maximum Gasteiger partial charge on any atom is 0.295 e. The third kappa shape index (κ3) is 6.26. The molecule has 1 N–H and O–H groups in total. The highest BCUT2D eigenvalue weighted by molar-refractivity contribution is 6.46. The smallest absolute Gasteiger partial charge is 0.295 e. The van der Waals surface area contributed by atoms with Crippen LogP contribution in [0.2, 0.25) is 0 Å². The number of ketones is 1. The number of nitrogens with zero attached hydrogens (tertiary/aromatic N) is 2. The van der Waals surface area contributed by atoms with Gasteiger partial charge in [0.1, 0.15) is 5.76 Å². The highest BCUT2D eigenvalue weighted by Crippen LogP contribution is 2.42. The molecule has 1 heterocycles. The van der Waals surface area contributed by atoms with Crippen molar-refractivity contribution in [2.75, 3.05) is 40.4 Å². The molecule has 0 spiro atoms. The zero-order valence-corrected chi connectivity index (χ0v) is 22.0. The average molecular weight is 495 g/mol. The summed E-state index contributed by atoms with van der Waals surface area (Å²) in [5.74, 6) is -0.299. The number of unbranched alkanes of at least 4 members (excludes halogenated alkanes) is 2. The van der Waals surface area contributed by atoms with Crippen molar-refractivity contribution in [3.8, 4) is 11.5 Å². The molecule has 2 aromatic rings. The van der Waals surface area contributed by atoms with Crippen molar-refractivity contribution < 1.29 is 24.2 Å². The molecule has 0 saturated carbocycles. The van der Waals surface area contributed by atoms with Crippen molar-refractivity contribution in [1.29, 1.82) is 0 Å². The molecule has 7 heteroatoms. The van der Waals surface area contributed by atoms with Gasteiger partial charge in [0.2, 0.25) is 0 Å². The molecule has 1 unspecified atom stereocenters. The van der Waals surface area contributed by atoms with E-state index in [1.54, 1.807) is 12.1 Å². The highest BCUT2D eigenvalue weighted by Gasteiger charge is 2.46. The minimum absolute atomic E-state index is 0.0849. The minimum Gasteiger partial charge on any atom is -0.507 e. The maximum atomic E-state index is 13.2. The van der Waals surface area contributed by atoms with Gasteiger partial charge in [0.15, 0.2) is 11.5 Å². The maximum absolute atomic E-state index is 13.2. The molecule has 0 bridgehead atoms. The first-order valence-corrected chi connectivity index (χ1v) is 12.7. The molecular weight excluding hydrogens is 456 g/mol. The van der Waals surface area contributed by atoms with Gasteiger partial charge < -0.3 is 24.4 Å². The first kappa shape index (κ1) is 27.3. The molecule has 1 saturated heterocycles. The van der Waals surface area contributed by atoms with Crippen LogP contribution < -0.4 is 9.47 Å². The number of rotatable bonds is 12. The average Bonchev–Trinajstić information content (AvgIpc) is 3.11. The number of carbonyl (C=O) groups excluding carboxylic acids is 2. The summed E-state index contributed by atoms with van der Waals surface area (Å²) in [5.41, 5.74) is 2.30. The number of ether oxygens (including phenoxy) is 2. The summed E-state index contributed by atoms with van der Waals surface area (Å²) in [5, 5.41) is 11.2. The van der Waals surface area contributed by atoms with Crippen molar-refractivity contribution >= 4 is 17.4 Å². The van der Waals surface area contributed by atoms with Gasteiger partial charge in [-0.3, -0.25) is 9.59 Å². The SMILES string of the molecule is CCCCCOc1ccc(C2C(=C(O)c3ccc(C)cc3)C(=O)C(=O)N2CCN(C)C)cc1OCC. The summed E-state index contributed by atoms with van der Waals surface area (Å²) in [4.78, 5) is 29.9. The second-order valence-corrected chi connectivity index (χ2v) is 9.36. The molecule has 2 aromatic carbocycles. The van der Waals surface area contributed by atoms with Crippen molar-refractivity contribution in [1.82, 2.24) is 9.80 Å². The lowest BCUT2D eigenvalue weighted by Crippen LogP contribution is -2.35. The lowest BCUT2D eigenvalue weighted by Gasteiger charge is -2.27. The summed E-state index contributed by atoms with van der Waals surface area (Å²) in [7, 11) is 3.82. The Labute approximate surface area is 214 Å². The van der Waals surface area contributed by atoms with Crippen LogP contribution in [-0.4, -0.2) is 67.0 Å². The Kier molecular flexibility index (Phi) is 9.53. The Morgan fingerprint density at radius 1 is 1.00 bits per heavy atom. The summed E-state index contributed by atoms with van der Waals surface area (Å²) < 4.78 is 11.8. The van der Waals surface area contributed by atoms with Crippen LogP contribution in [0, 0.1) is 6.92 Å². The molecule has 1 amide bonds. The zero-order chi connectivity index (χ0) is 26.2. The van der Waals surface area contributed by atoms with E-state index in [0.29, 0.717) is 48.9 Å². The fourth-order valence-electron chi connectivity index (χ4n) is 4.25. The van der Waals surface area contributed by atoms with Gasteiger partial charge in [0.25, 0.3) is 11.7 Å². The van der Waals surface area contributed by atoms with Crippen molar-refractivity contribution in [2.24, 2.45) is 0 Å². The molecule has 1 fully saturated rings. The molecule has 1 aliphatic heterocycles. The second-order valence-electron chi connectivity index (χ2n) is 9.36. The molecule has 0 aromatic heterocycles. The number of hydrogen-bond acceptors (Lipinski definition) is 6. The van der Waals surface area contributed by atoms with E-state index in [1.165, 1.54) is 4.90 Å². The van der Waals surface area contributed by atoms with E-state index in [-0.39, 0.29) is 11.3 Å². The monoisotopic (exact) mass is 494 g/mol. The number of hydrogen-bond donors (Lipinski definition) is 1. The largest absolute Gasteiger partial charge is 0.507 e. The second kappa shape index (κ2) is 12.6. The van der Waals surface area contributed by atoms with Crippen LogP contribution in [0.25, 0.3) is 5.76 Å². The molecular formula is C29H38N2O5. The van der Waals surface area contributed by atoms with Gasteiger partial charge >= 0.3 is 0 Å². The minimum atomic E-state index is -0.736. The van der Waals surface area contributed by atoms with E-state index in [1.807, 2.05) is 63.2 Å².